The molecular formula is C13H13N3. The predicted molar refractivity (Wildman–Crippen MR) is 64.4 cm³/mol. The molecule has 80 valence electrons. The average molecular weight is 211 g/mol. The first-order valence-corrected chi connectivity index (χ1v) is 5.37. The van der Waals surface area contributed by atoms with Crippen molar-refractivity contribution in [3.05, 3.63) is 54.0 Å². The Morgan fingerprint density at radius 2 is 2.25 bits per heavy atom. The fourth-order valence-electron chi connectivity index (χ4n) is 1.96. The molecule has 0 aliphatic rings. The number of H-pyrrole nitrogens is 1. The summed E-state index contributed by atoms with van der Waals surface area (Å²) >= 11 is 0. The number of nitrogens with one attached hydrogen (secondary N) is 1. The van der Waals surface area contributed by atoms with E-state index in [1.54, 1.807) is 0 Å². The molecule has 2 aromatic heterocycles. The quantitative estimate of drug-likeness (QED) is 0.694. The molecule has 16 heavy (non-hydrogen) atoms. The molecule has 0 saturated carbocycles. The molecule has 3 heteroatoms. The van der Waals surface area contributed by atoms with Crippen molar-refractivity contribution in [1.29, 1.82) is 0 Å². The van der Waals surface area contributed by atoms with Crippen LogP contribution in [0.25, 0.3) is 10.9 Å². The smallest absolute Gasteiger partial charge is 0.0653 e. The SMILES string of the molecule is Cc1cccn1Cc1ccc2cn[nH]c2c1. The molecule has 2 heterocycles. The van der Waals surface area contributed by atoms with Gasteiger partial charge in [-0.25, -0.2) is 0 Å². The van der Waals surface area contributed by atoms with Crippen LogP contribution in [0.1, 0.15) is 11.3 Å². The molecule has 0 spiro atoms. The molecule has 0 saturated heterocycles. The normalized spacial score (nSPS) is 11.1. The van der Waals surface area contributed by atoms with E-state index in [0.29, 0.717) is 0 Å². The van der Waals surface area contributed by atoms with Crippen molar-refractivity contribution in [2.75, 3.05) is 0 Å². The van der Waals surface area contributed by atoms with Gasteiger partial charge in [0.1, 0.15) is 0 Å². The van der Waals surface area contributed by atoms with E-state index in [1.165, 1.54) is 11.3 Å². The maximum absolute atomic E-state index is 4.03. The average Bonchev–Trinajstić information content (AvgIpc) is 2.88. The lowest BCUT2D eigenvalue weighted by molar-refractivity contribution is 0.777. The van der Waals surface area contributed by atoms with Crippen molar-refractivity contribution in [3.63, 3.8) is 0 Å². The first-order chi connectivity index (χ1) is 7.83. The van der Waals surface area contributed by atoms with Gasteiger partial charge in [-0.15, -0.1) is 0 Å². The molecule has 0 radical (unpaired) electrons. The van der Waals surface area contributed by atoms with Gasteiger partial charge in [-0.1, -0.05) is 12.1 Å². The largest absolute Gasteiger partial charge is 0.347 e. The highest BCUT2D eigenvalue weighted by Gasteiger charge is 2.00. The van der Waals surface area contributed by atoms with Crippen molar-refractivity contribution in [3.8, 4) is 0 Å². The number of hydrogen-bond acceptors (Lipinski definition) is 1. The molecule has 0 atom stereocenters. The predicted octanol–water partition coefficient (Wildman–Crippen LogP) is 2.72. The molecule has 1 N–H and O–H groups in total. The lowest BCUT2D eigenvalue weighted by Crippen LogP contribution is -1.99. The first-order valence-electron chi connectivity index (χ1n) is 5.37. The molecule has 3 rings (SSSR count). The zero-order chi connectivity index (χ0) is 11.0. The second-order valence-corrected chi connectivity index (χ2v) is 4.07. The number of aryl methyl sites for hydroxylation is 1. The third kappa shape index (κ3) is 1.50. The highest BCUT2D eigenvalue weighted by Crippen LogP contribution is 2.14. The zero-order valence-corrected chi connectivity index (χ0v) is 9.14. The third-order valence-corrected chi connectivity index (χ3v) is 2.92. The molecule has 0 aliphatic heterocycles. The van der Waals surface area contributed by atoms with Gasteiger partial charge in [0.2, 0.25) is 0 Å². The summed E-state index contributed by atoms with van der Waals surface area (Å²) in [5.74, 6) is 0. The molecule has 3 nitrogen and oxygen atoms in total. The molecular weight excluding hydrogens is 198 g/mol. The van der Waals surface area contributed by atoms with Crippen LogP contribution in [0.4, 0.5) is 0 Å². The number of rotatable bonds is 2. The highest BCUT2D eigenvalue weighted by atomic mass is 15.1. The lowest BCUT2D eigenvalue weighted by Gasteiger charge is -2.06. The number of fused-ring (bicyclic) bond motifs is 1. The van der Waals surface area contributed by atoms with Gasteiger partial charge in [0.05, 0.1) is 11.7 Å². The van der Waals surface area contributed by atoms with Crippen molar-refractivity contribution >= 4 is 10.9 Å². The Hall–Kier alpha value is -2.03. The summed E-state index contributed by atoms with van der Waals surface area (Å²) in [4.78, 5) is 0. The van der Waals surface area contributed by atoms with Crippen molar-refractivity contribution < 1.29 is 0 Å². The van der Waals surface area contributed by atoms with Gasteiger partial charge < -0.3 is 4.57 Å². The van der Waals surface area contributed by atoms with Crippen LogP contribution in [0.3, 0.4) is 0 Å². The van der Waals surface area contributed by atoms with E-state index < -0.39 is 0 Å². The van der Waals surface area contributed by atoms with E-state index in [4.69, 9.17) is 0 Å². The van der Waals surface area contributed by atoms with Crippen molar-refractivity contribution in [2.24, 2.45) is 0 Å². The Bertz CT molecular complexity index is 619. The molecule has 1 aromatic carbocycles. The Morgan fingerprint density at radius 3 is 3.06 bits per heavy atom. The van der Waals surface area contributed by atoms with Gasteiger partial charge in [0, 0.05) is 23.8 Å². The molecule has 0 amide bonds. The van der Waals surface area contributed by atoms with Gasteiger partial charge in [0.15, 0.2) is 0 Å². The van der Waals surface area contributed by atoms with E-state index in [1.807, 2.05) is 6.20 Å². The van der Waals surface area contributed by atoms with Crippen LogP contribution >= 0.6 is 0 Å². The number of nitrogens with zero attached hydrogens (tertiary/aromatic N) is 2. The van der Waals surface area contributed by atoms with E-state index in [9.17, 15) is 0 Å². The fourth-order valence-corrected chi connectivity index (χ4v) is 1.96. The van der Waals surface area contributed by atoms with Crippen LogP contribution in [0.2, 0.25) is 0 Å². The fraction of sp³-hybridized carbons (Fsp3) is 0.154. The Balaban J connectivity index is 1.97. The summed E-state index contributed by atoms with van der Waals surface area (Å²) in [6.07, 6.45) is 3.95. The van der Waals surface area contributed by atoms with E-state index in [2.05, 4.69) is 58.2 Å². The van der Waals surface area contributed by atoms with Crippen molar-refractivity contribution in [2.45, 2.75) is 13.5 Å². The lowest BCUT2D eigenvalue weighted by atomic mass is 10.1. The number of benzene rings is 1. The third-order valence-electron chi connectivity index (χ3n) is 2.92. The minimum Gasteiger partial charge on any atom is -0.347 e. The maximum atomic E-state index is 4.03. The number of aromatic amines is 1. The minimum absolute atomic E-state index is 0.911. The van der Waals surface area contributed by atoms with Gasteiger partial charge in [-0.2, -0.15) is 5.10 Å². The minimum atomic E-state index is 0.911. The van der Waals surface area contributed by atoms with Gasteiger partial charge >= 0.3 is 0 Å². The summed E-state index contributed by atoms with van der Waals surface area (Å²) < 4.78 is 2.23. The van der Waals surface area contributed by atoms with Crippen LogP contribution in [0, 0.1) is 6.92 Å². The number of hydrogen-bond donors (Lipinski definition) is 1. The molecule has 0 bridgehead atoms. The van der Waals surface area contributed by atoms with Crippen LogP contribution in [0.5, 0.6) is 0 Å². The van der Waals surface area contributed by atoms with E-state index in [-0.39, 0.29) is 0 Å². The number of aromatic nitrogens is 3. The molecule has 3 aromatic rings. The maximum Gasteiger partial charge on any atom is 0.0653 e. The molecule has 0 unspecified atom stereocenters. The summed E-state index contributed by atoms with van der Waals surface area (Å²) in [5, 5.41) is 8.18. The van der Waals surface area contributed by atoms with Crippen LogP contribution < -0.4 is 0 Å². The standard InChI is InChI=1S/C13H13N3/c1-10-3-2-6-16(10)9-11-4-5-12-8-14-15-13(12)7-11/h2-8H,9H2,1H3,(H,14,15). The van der Waals surface area contributed by atoms with Gasteiger partial charge in [0.25, 0.3) is 0 Å². The zero-order valence-electron chi connectivity index (χ0n) is 9.14. The Kier molecular flexibility index (Phi) is 2.03. The van der Waals surface area contributed by atoms with Crippen molar-refractivity contribution in [1.82, 2.24) is 14.8 Å². The summed E-state index contributed by atoms with van der Waals surface area (Å²) in [5.41, 5.74) is 3.67. The van der Waals surface area contributed by atoms with Crippen LogP contribution in [-0.4, -0.2) is 14.8 Å². The summed E-state index contributed by atoms with van der Waals surface area (Å²) in [6, 6.07) is 10.6. The van der Waals surface area contributed by atoms with Gasteiger partial charge in [-0.05, 0) is 30.7 Å². The Morgan fingerprint density at radius 1 is 1.31 bits per heavy atom. The monoisotopic (exact) mass is 211 g/mol. The summed E-state index contributed by atoms with van der Waals surface area (Å²) in [7, 11) is 0. The van der Waals surface area contributed by atoms with E-state index >= 15 is 0 Å². The second-order valence-electron chi connectivity index (χ2n) is 4.07. The second kappa shape index (κ2) is 3.52. The van der Waals surface area contributed by atoms with E-state index in [0.717, 1.165) is 17.4 Å². The first kappa shape index (κ1) is 9.21. The Labute approximate surface area is 93.7 Å². The highest BCUT2D eigenvalue weighted by molar-refractivity contribution is 5.78. The van der Waals surface area contributed by atoms with Crippen LogP contribution in [0.15, 0.2) is 42.7 Å². The van der Waals surface area contributed by atoms with Crippen LogP contribution in [-0.2, 0) is 6.54 Å². The topological polar surface area (TPSA) is 33.6 Å². The molecule has 0 aliphatic carbocycles. The summed E-state index contributed by atoms with van der Waals surface area (Å²) in [6.45, 7) is 3.03. The van der Waals surface area contributed by atoms with Gasteiger partial charge in [-0.3, -0.25) is 5.10 Å². The molecule has 0 fully saturated rings.